The molecule has 20 heavy (non-hydrogen) atoms. The van der Waals surface area contributed by atoms with Gasteiger partial charge in [0.15, 0.2) is 0 Å². The van der Waals surface area contributed by atoms with Crippen LogP contribution in [0.4, 0.5) is 0 Å². The Morgan fingerprint density at radius 3 is 2.30 bits per heavy atom. The summed E-state index contributed by atoms with van der Waals surface area (Å²) in [5.41, 5.74) is 5.78. The zero-order valence-corrected chi connectivity index (χ0v) is 12.2. The van der Waals surface area contributed by atoms with Gasteiger partial charge in [0.05, 0.1) is 0 Å². The lowest BCUT2D eigenvalue weighted by Gasteiger charge is -2.15. The van der Waals surface area contributed by atoms with Crippen LogP contribution in [0.2, 0.25) is 0 Å². The zero-order valence-electron chi connectivity index (χ0n) is 12.2. The van der Waals surface area contributed by atoms with Gasteiger partial charge >= 0.3 is 0 Å². The molecule has 0 aliphatic heterocycles. The smallest absolute Gasteiger partial charge is 0.00169 e. The van der Waals surface area contributed by atoms with E-state index in [0.29, 0.717) is 0 Å². The Morgan fingerprint density at radius 2 is 1.55 bits per heavy atom. The Balaban J connectivity index is 2.19. The largest absolute Gasteiger partial charge is 0.0622 e. The molecule has 0 saturated carbocycles. The highest BCUT2D eigenvalue weighted by Gasteiger charge is 2.09. The van der Waals surface area contributed by atoms with Crippen LogP contribution in [-0.4, -0.2) is 0 Å². The van der Waals surface area contributed by atoms with Crippen molar-refractivity contribution >= 4 is 10.8 Å². The van der Waals surface area contributed by atoms with Crippen molar-refractivity contribution in [2.45, 2.75) is 26.7 Å². The molecule has 0 N–H and O–H groups in total. The van der Waals surface area contributed by atoms with Crippen LogP contribution in [0.3, 0.4) is 0 Å². The second-order valence-corrected chi connectivity index (χ2v) is 5.38. The van der Waals surface area contributed by atoms with Crippen LogP contribution in [0.15, 0.2) is 60.7 Å². The highest BCUT2D eigenvalue weighted by atomic mass is 14.1. The first-order valence-electron chi connectivity index (χ1n) is 7.33. The van der Waals surface area contributed by atoms with Crippen LogP contribution in [0.25, 0.3) is 10.8 Å². The second-order valence-electron chi connectivity index (χ2n) is 5.38. The summed E-state index contributed by atoms with van der Waals surface area (Å²) in [5.74, 6) is 0. The zero-order chi connectivity index (χ0) is 13.9. The van der Waals surface area contributed by atoms with Crippen molar-refractivity contribution in [3.8, 4) is 0 Å². The van der Waals surface area contributed by atoms with Crippen molar-refractivity contribution in [3.63, 3.8) is 0 Å². The third-order valence-electron chi connectivity index (χ3n) is 4.15. The molecule has 0 aliphatic carbocycles. The number of hydrogen-bond acceptors (Lipinski definition) is 0. The maximum absolute atomic E-state index is 2.35. The molecule has 0 saturated heterocycles. The minimum absolute atomic E-state index is 1.01. The van der Waals surface area contributed by atoms with E-state index < -0.39 is 0 Å². The van der Waals surface area contributed by atoms with Crippen molar-refractivity contribution in [2.75, 3.05) is 0 Å². The average molecular weight is 260 g/mol. The van der Waals surface area contributed by atoms with Gasteiger partial charge < -0.3 is 0 Å². The summed E-state index contributed by atoms with van der Waals surface area (Å²) in [4.78, 5) is 0. The Kier molecular flexibility index (Phi) is 3.56. The summed E-state index contributed by atoms with van der Waals surface area (Å²) >= 11 is 0. The van der Waals surface area contributed by atoms with Gasteiger partial charge in [-0.2, -0.15) is 0 Å². The molecule has 0 heteroatoms. The summed E-state index contributed by atoms with van der Waals surface area (Å²) in [5, 5.41) is 2.76. The van der Waals surface area contributed by atoms with E-state index in [1.54, 1.807) is 0 Å². The molecule has 3 aromatic rings. The van der Waals surface area contributed by atoms with E-state index >= 15 is 0 Å². The molecule has 0 aromatic heterocycles. The molecule has 0 nitrogen and oxygen atoms in total. The first-order chi connectivity index (χ1) is 9.79. The SMILES string of the molecule is CCc1cc2ccccc2c(Cc2ccccc2)c1C. The lowest BCUT2D eigenvalue weighted by atomic mass is 9.90. The fourth-order valence-electron chi connectivity index (χ4n) is 2.98. The highest BCUT2D eigenvalue weighted by Crippen LogP contribution is 2.28. The molecule has 0 radical (unpaired) electrons. The van der Waals surface area contributed by atoms with Crippen molar-refractivity contribution < 1.29 is 0 Å². The van der Waals surface area contributed by atoms with Gasteiger partial charge in [0.1, 0.15) is 0 Å². The minimum Gasteiger partial charge on any atom is -0.0622 e. The fraction of sp³-hybridized carbons (Fsp3) is 0.200. The number of aryl methyl sites for hydroxylation is 1. The first-order valence-corrected chi connectivity index (χ1v) is 7.33. The summed E-state index contributed by atoms with van der Waals surface area (Å²) < 4.78 is 0. The van der Waals surface area contributed by atoms with Crippen LogP contribution >= 0.6 is 0 Å². The standard InChI is InChI=1S/C20H20/c1-3-17-14-18-11-7-8-12-19(18)20(15(17)2)13-16-9-5-4-6-10-16/h4-12,14H,3,13H2,1-2H3. The number of hydrogen-bond donors (Lipinski definition) is 0. The van der Waals surface area contributed by atoms with Crippen LogP contribution < -0.4 is 0 Å². The average Bonchev–Trinajstić information content (AvgIpc) is 2.51. The lowest BCUT2D eigenvalue weighted by Crippen LogP contribution is -1.98. The topological polar surface area (TPSA) is 0 Å². The molecular weight excluding hydrogens is 240 g/mol. The van der Waals surface area contributed by atoms with Crippen molar-refractivity contribution in [3.05, 3.63) is 82.9 Å². The summed E-state index contributed by atoms with van der Waals surface area (Å²) in [7, 11) is 0. The van der Waals surface area contributed by atoms with Crippen molar-refractivity contribution in [2.24, 2.45) is 0 Å². The third-order valence-corrected chi connectivity index (χ3v) is 4.15. The van der Waals surface area contributed by atoms with E-state index in [9.17, 15) is 0 Å². The fourth-order valence-corrected chi connectivity index (χ4v) is 2.98. The number of benzene rings is 3. The molecular formula is C20H20. The molecule has 3 aromatic carbocycles. The quantitative estimate of drug-likeness (QED) is 0.599. The molecule has 0 atom stereocenters. The lowest BCUT2D eigenvalue weighted by molar-refractivity contribution is 1.08. The summed E-state index contributed by atoms with van der Waals surface area (Å²) in [6.45, 7) is 4.51. The van der Waals surface area contributed by atoms with Gasteiger partial charge in [-0.05, 0) is 52.8 Å². The highest BCUT2D eigenvalue weighted by molar-refractivity contribution is 5.88. The Bertz CT molecular complexity index is 724. The van der Waals surface area contributed by atoms with E-state index in [1.807, 2.05) is 0 Å². The predicted octanol–water partition coefficient (Wildman–Crippen LogP) is 5.30. The Labute approximate surface area is 121 Å². The maximum Gasteiger partial charge on any atom is -0.00169 e. The molecule has 0 unspecified atom stereocenters. The van der Waals surface area contributed by atoms with Crippen LogP contribution in [0, 0.1) is 6.92 Å². The van der Waals surface area contributed by atoms with Gasteiger partial charge in [0.2, 0.25) is 0 Å². The number of fused-ring (bicyclic) bond motifs is 1. The van der Waals surface area contributed by atoms with E-state index in [2.05, 4.69) is 74.5 Å². The molecule has 0 spiro atoms. The molecule has 0 aliphatic rings. The molecule has 0 bridgehead atoms. The molecule has 0 amide bonds. The van der Waals surface area contributed by atoms with Crippen molar-refractivity contribution in [1.29, 1.82) is 0 Å². The van der Waals surface area contributed by atoms with E-state index in [1.165, 1.54) is 33.0 Å². The number of rotatable bonds is 3. The minimum atomic E-state index is 1.01. The van der Waals surface area contributed by atoms with Gasteiger partial charge in [-0.15, -0.1) is 0 Å². The van der Waals surface area contributed by atoms with Crippen molar-refractivity contribution in [1.82, 2.24) is 0 Å². The van der Waals surface area contributed by atoms with Gasteiger partial charge in [0, 0.05) is 0 Å². The van der Waals surface area contributed by atoms with Gasteiger partial charge in [-0.3, -0.25) is 0 Å². The molecule has 100 valence electrons. The maximum atomic E-state index is 2.35. The second kappa shape index (κ2) is 5.50. The van der Waals surface area contributed by atoms with E-state index in [4.69, 9.17) is 0 Å². The summed E-state index contributed by atoms with van der Waals surface area (Å²) in [6, 6.07) is 21.8. The Hall–Kier alpha value is -2.08. The normalized spacial score (nSPS) is 10.9. The molecule has 0 fully saturated rings. The van der Waals surface area contributed by atoms with Gasteiger partial charge in [0.25, 0.3) is 0 Å². The van der Waals surface area contributed by atoms with Crippen LogP contribution in [0.1, 0.15) is 29.2 Å². The van der Waals surface area contributed by atoms with Gasteiger partial charge in [-0.1, -0.05) is 67.6 Å². The first kappa shape index (κ1) is 12.9. The van der Waals surface area contributed by atoms with Gasteiger partial charge in [-0.25, -0.2) is 0 Å². The Morgan fingerprint density at radius 1 is 0.850 bits per heavy atom. The summed E-state index contributed by atoms with van der Waals surface area (Å²) in [6.07, 6.45) is 2.11. The third kappa shape index (κ3) is 2.34. The van der Waals surface area contributed by atoms with E-state index in [0.717, 1.165) is 12.8 Å². The molecule has 3 rings (SSSR count). The monoisotopic (exact) mass is 260 g/mol. The van der Waals surface area contributed by atoms with Crippen LogP contribution in [0.5, 0.6) is 0 Å². The molecule has 0 heterocycles. The predicted molar refractivity (Wildman–Crippen MR) is 87.3 cm³/mol. The van der Waals surface area contributed by atoms with Crippen LogP contribution in [-0.2, 0) is 12.8 Å². The van der Waals surface area contributed by atoms with E-state index in [-0.39, 0.29) is 0 Å².